The number of nitrogens with one attached hydrogen (secondary N) is 1. The fourth-order valence-electron chi connectivity index (χ4n) is 1.78. The number of hydrogen-bond acceptors (Lipinski definition) is 5. The lowest BCUT2D eigenvalue weighted by Crippen LogP contribution is -2.52. The van der Waals surface area contributed by atoms with Crippen LogP contribution in [0.4, 0.5) is 0 Å². The number of aliphatic hydroxyl groups excluding tert-OH is 1. The molecule has 0 saturated carbocycles. The zero-order chi connectivity index (χ0) is 15.2. The van der Waals surface area contributed by atoms with E-state index < -0.39 is 17.6 Å². The van der Waals surface area contributed by atoms with E-state index >= 15 is 0 Å². The van der Waals surface area contributed by atoms with Crippen molar-refractivity contribution < 1.29 is 19.4 Å². The van der Waals surface area contributed by atoms with Gasteiger partial charge in [-0.1, -0.05) is 30.3 Å². The van der Waals surface area contributed by atoms with Gasteiger partial charge in [0.05, 0.1) is 26.2 Å². The van der Waals surface area contributed by atoms with Gasteiger partial charge in [0.15, 0.2) is 5.78 Å². The van der Waals surface area contributed by atoms with Gasteiger partial charge in [0, 0.05) is 11.1 Å². The van der Waals surface area contributed by atoms with Gasteiger partial charge < -0.3 is 9.84 Å². The monoisotopic (exact) mass is 279 g/mol. The second kappa shape index (κ2) is 7.17. The number of ketones is 1. The lowest BCUT2D eigenvalue weighted by molar-refractivity contribution is -0.141. The highest BCUT2D eigenvalue weighted by Gasteiger charge is 2.29. The summed E-state index contributed by atoms with van der Waals surface area (Å²) >= 11 is 0. The standard InChI is InChI=1S/C15H21NO4/c1-15(2,10-17)16-12(9-13(18)20-3)14(19)11-7-5-4-6-8-11/h4-8,12,16-17H,9-10H2,1-3H3. The number of ether oxygens (including phenoxy) is 1. The number of benzene rings is 1. The molecule has 0 aliphatic carbocycles. The number of hydrogen-bond donors (Lipinski definition) is 2. The minimum absolute atomic E-state index is 0.0757. The maximum atomic E-state index is 12.4. The molecule has 0 saturated heterocycles. The average Bonchev–Trinajstić information content (AvgIpc) is 2.46. The van der Waals surface area contributed by atoms with Crippen molar-refractivity contribution in [3.05, 3.63) is 35.9 Å². The van der Waals surface area contributed by atoms with Crippen LogP contribution in [-0.4, -0.2) is 42.2 Å². The molecule has 0 aliphatic rings. The highest BCUT2D eigenvalue weighted by Crippen LogP contribution is 2.11. The molecule has 0 radical (unpaired) electrons. The number of esters is 1. The summed E-state index contributed by atoms with van der Waals surface area (Å²) in [5.41, 5.74) is -0.147. The molecular weight excluding hydrogens is 258 g/mol. The number of carbonyl (C=O) groups is 2. The van der Waals surface area contributed by atoms with Gasteiger partial charge in [0.1, 0.15) is 0 Å². The lowest BCUT2D eigenvalue weighted by Gasteiger charge is -2.29. The quantitative estimate of drug-likeness (QED) is 0.578. The zero-order valence-corrected chi connectivity index (χ0v) is 12.1. The zero-order valence-electron chi connectivity index (χ0n) is 12.1. The third-order valence-electron chi connectivity index (χ3n) is 2.93. The van der Waals surface area contributed by atoms with Crippen molar-refractivity contribution in [1.29, 1.82) is 0 Å². The number of methoxy groups -OCH3 is 1. The summed E-state index contributed by atoms with van der Waals surface area (Å²) in [4.78, 5) is 23.9. The molecule has 0 heterocycles. The van der Waals surface area contributed by atoms with Crippen LogP contribution in [0.15, 0.2) is 30.3 Å². The molecule has 0 spiro atoms. The SMILES string of the molecule is COC(=O)CC(NC(C)(C)CO)C(=O)c1ccccc1. The second-order valence-corrected chi connectivity index (χ2v) is 5.25. The third kappa shape index (κ3) is 4.75. The maximum Gasteiger partial charge on any atom is 0.307 e. The summed E-state index contributed by atoms with van der Waals surface area (Å²) in [6.07, 6.45) is -0.0757. The van der Waals surface area contributed by atoms with Crippen LogP contribution in [0.5, 0.6) is 0 Å². The van der Waals surface area contributed by atoms with Crippen molar-refractivity contribution in [2.75, 3.05) is 13.7 Å². The van der Waals surface area contributed by atoms with Gasteiger partial charge >= 0.3 is 5.97 Å². The third-order valence-corrected chi connectivity index (χ3v) is 2.93. The van der Waals surface area contributed by atoms with Crippen molar-refractivity contribution in [3.8, 4) is 0 Å². The molecule has 110 valence electrons. The summed E-state index contributed by atoms with van der Waals surface area (Å²) in [5.74, 6) is -0.668. The first-order valence-corrected chi connectivity index (χ1v) is 6.44. The number of aliphatic hydroxyl groups is 1. The van der Waals surface area contributed by atoms with Gasteiger partial charge in [-0.2, -0.15) is 0 Å². The maximum absolute atomic E-state index is 12.4. The molecule has 2 N–H and O–H groups in total. The first-order chi connectivity index (χ1) is 9.39. The lowest BCUT2D eigenvalue weighted by atomic mass is 9.97. The summed E-state index contributed by atoms with van der Waals surface area (Å²) in [6, 6.07) is 8.00. The number of rotatable bonds is 7. The van der Waals surface area contributed by atoms with Crippen LogP contribution in [0.25, 0.3) is 0 Å². The summed E-state index contributed by atoms with van der Waals surface area (Å²) in [6.45, 7) is 3.37. The molecule has 1 aromatic carbocycles. The van der Waals surface area contributed by atoms with Crippen LogP contribution in [0, 0.1) is 0 Å². The van der Waals surface area contributed by atoms with Crippen LogP contribution in [0.1, 0.15) is 30.6 Å². The van der Waals surface area contributed by atoms with Gasteiger partial charge in [0.2, 0.25) is 0 Å². The van der Waals surface area contributed by atoms with Crippen LogP contribution in [0.2, 0.25) is 0 Å². The Bertz CT molecular complexity index is 456. The molecule has 0 amide bonds. The summed E-state index contributed by atoms with van der Waals surface area (Å²) < 4.78 is 4.62. The molecule has 0 aromatic heterocycles. The fraction of sp³-hybridized carbons (Fsp3) is 0.467. The highest BCUT2D eigenvalue weighted by atomic mass is 16.5. The molecule has 1 aromatic rings. The van der Waals surface area contributed by atoms with Crippen molar-refractivity contribution in [3.63, 3.8) is 0 Å². The van der Waals surface area contributed by atoms with E-state index in [4.69, 9.17) is 0 Å². The predicted octanol–water partition coefficient (Wildman–Crippen LogP) is 1.16. The molecule has 1 atom stereocenters. The van der Waals surface area contributed by atoms with Gasteiger partial charge in [-0.15, -0.1) is 0 Å². The van der Waals surface area contributed by atoms with Crippen LogP contribution in [0.3, 0.4) is 0 Å². The smallest absolute Gasteiger partial charge is 0.307 e. The molecule has 1 rings (SSSR count). The molecule has 5 heteroatoms. The summed E-state index contributed by atoms with van der Waals surface area (Å²) in [5, 5.41) is 12.3. The van der Waals surface area contributed by atoms with Gasteiger partial charge in [-0.3, -0.25) is 14.9 Å². The highest BCUT2D eigenvalue weighted by molar-refractivity contribution is 6.01. The van der Waals surface area contributed by atoms with Gasteiger partial charge in [0.25, 0.3) is 0 Å². The van der Waals surface area contributed by atoms with E-state index in [0.29, 0.717) is 5.56 Å². The minimum Gasteiger partial charge on any atom is -0.469 e. The van der Waals surface area contributed by atoms with E-state index in [1.165, 1.54) is 7.11 Å². The minimum atomic E-state index is -0.730. The van der Waals surface area contributed by atoms with Crippen molar-refractivity contribution in [2.24, 2.45) is 0 Å². The van der Waals surface area contributed by atoms with E-state index in [-0.39, 0.29) is 18.8 Å². The fourth-order valence-corrected chi connectivity index (χ4v) is 1.78. The Morgan fingerprint density at radius 2 is 1.90 bits per heavy atom. The summed E-state index contributed by atoms with van der Waals surface area (Å²) in [7, 11) is 1.28. The second-order valence-electron chi connectivity index (χ2n) is 5.25. The molecule has 20 heavy (non-hydrogen) atoms. The molecule has 0 fully saturated rings. The Labute approximate surface area is 118 Å². The molecule has 0 aliphatic heterocycles. The Morgan fingerprint density at radius 3 is 2.40 bits per heavy atom. The largest absolute Gasteiger partial charge is 0.469 e. The van der Waals surface area contributed by atoms with E-state index in [2.05, 4.69) is 10.1 Å². The van der Waals surface area contributed by atoms with Gasteiger partial charge in [-0.05, 0) is 13.8 Å². The first-order valence-electron chi connectivity index (χ1n) is 6.44. The molecule has 5 nitrogen and oxygen atoms in total. The predicted molar refractivity (Wildman–Crippen MR) is 75.5 cm³/mol. The Balaban J connectivity index is 2.92. The van der Waals surface area contributed by atoms with Crippen LogP contribution < -0.4 is 5.32 Å². The van der Waals surface area contributed by atoms with Crippen molar-refractivity contribution in [2.45, 2.75) is 31.8 Å². The normalized spacial score (nSPS) is 12.8. The molecule has 0 bridgehead atoms. The Morgan fingerprint density at radius 1 is 1.30 bits per heavy atom. The van der Waals surface area contributed by atoms with Crippen LogP contribution in [-0.2, 0) is 9.53 Å². The van der Waals surface area contributed by atoms with E-state index in [9.17, 15) is 14.7 Å². The van der Waals surface area contributed by atoms with E-state index in [0.717, 1.165) is 0 Å². The Hall–Kier alpha value is -1.72. The average molecular weight is 279 g/mol. The first kappa shape index (κ1) is 16.3. The van der Waals surface area contributed by atoms with Gasteiger partial charge in [-0.25, -0.2) is 0 Å². The van der Waals surface area contributed by atoms with Crippen molar-refractivity contribution in [1.82, 2.24) is 5.32 Å². The van der Waals surface area contributed by atoms with Crippen LogP contribution >= 0.6 is 0 Å². The molecule has 1 unspecified atom stereocenters. The number of Topliss-reactive ketones (excluding diaryl/α,β-unsaturated/α-hetero) is 1. The number of carbonyl (C=O) groups excluding carboxylic acids is 2. The van der Waals surface area contributed by atoms with E-state index in [1.807, 2.05) is 6.07 Å². The Kier molecular flexibility index (Phi) is 5.85. The molecular formula is C15H21NO4. The van der Waals surface area contributed by atoms with E-state index in [1.54, 1.807) is 38.1 Å². The topological polar surface area (TPSA) is 75.6 Å². The van der Waals surface area contributed by atoms with Crippen molar-refractivity contribution >= 4 is 11.8 Å².